The highest BCUT2D eigenvalue weighted by Gasteiger charge is 2.85. The second-order valence-corrected chi connectivity index (χ2v) is 14.0. The number of allylic oxidation sites excluding steroid dienone is 1. The molecule has 16 heteroatoms. The third-order valence-corrected chi connectivity index (χ3v) is 9.94. The predicted molar refractivity (Wildman–Crippen MR) is 186 cm³/mol. The Morgan fingerprint density at radius 2 is 1.77 bits per heavy atom. The van der Waals surface area contributed by atoms with Gasteiger partial charge in [-0.1, -0.05) is 82.2 Å². The van der Waals surface area contributed by atoms with Gasteiger partial charge in [-0.05, 0) is 42.2 Å². The van der Waals surface area contributed by atoms with E-state index in [4.69, 9.17) is 23.4 Å². The molecule has 0 unspecified atom stereocenters. The minimum absolute atomic E-state index is 0.0933. The Labute approximate surface area is 307 Å². The van der Waals surface area contributed by atoms with Crippen LogP contribution in [-0.4, -0.2) is 96.8 Å². The Hall–Kier alpha value is -4.64. The molecule has 3 heterocycles. The van der Waals surface area contributed by atoms with Crippen LogP contribution < -0.4 is 5.32 Å². The Morgan fingerprint density at radius 3 is 2.34 bits per heavy atom. The lowest BCUT2D eigenvalue weighted by Crippen LogP contribution is -2.74. The number of hydrogen-bond acceptors (Lipinski definition) is 14. The number of hydrogen-bond donors (Lipinski definition) is 5. The third kappa shape index (κ3) is 8.15. The Morgan fingerprint density at radius 1 is 1.09 bits per heavy atom. The molecular weight excluding hydrogens is 694 g/mol. The van der Waals surface area contributed by atoms with E-state index in [2.05, 4.69) is 22.1 Å². The molecule has 290 valence electrons. The fraction of sp³-hybridized carbons (Fsp3) is 0.568. The summed E-state index contributed by atoms with van der Waals surface area (Å²) in [5, 5.41) is 55.2. The van der Waals surface area contributed by atoms with Crippen molar-refractivity contribution in [3.8, 4) is 0 Å². The smallest absolute Gasteiger partial charge is 0.344 e. The number of carboxylic acid groups (broad SMARTS) is 2. The fourth-order valence-corrected chi connectivity index (χ4v) is 7.02. The zero-order valence-electron chi connectivity index (χ0n) is 30.7. The number of aliphatic hydroxyl groups is 2. The molecule has 2 aromatic rings. The average Bonchev–Trinajstić information content (AvgIpc) is 3.68. The van der Waals surface area contributed by atoms with Crippen LogP contribution in [-0.2, 0) is 44.5 Å². The van der Waals surface area contributed by atoms with Crippen molar-refractivity contribution in [3.63, 3.8) is 0 Å². The highest BCUT2D eigenvalue weighted by atomic mass is 16.8. The highest BCUT2D eigenvalue weighted by Crippen LogP contribution is 2.59. The number of aliphatic hydroxyl groups excluding tert-OH is 1. The first-order chi connectivity index (χ1) is 24.9. The molecule has 4 rings (SSSR count). The molecule has 0 radical (unpaired) electrons. The first-order valence-electron chi connectivity index (χ1n) is 17.5. The zero-order valence-corrected chi connectivity index (χ0v) is 30.7. The molecule has 10 atom stereocenters. The van der Waals surface area contributed by atoms with E-state index in [-0.39, 0.29) is 24.3 Å². The largest absolute Gasteiger partial charge is 0.479 e. The lowest BCUT2D eigenvalue weighted by molar-refractivity contribution is -0.385. The number of ether oxygens (including phenoxy) is 4. The molecule has 0 spiro atoms. The maximum absolute atomic E-state index is 13.3. The van der Waals surface area contributed by atoms with Crippen LogP contribution in [0.15, 0.2) is 59.1 Å². The Balaban J connectivity index is 1.76. The number of esters is 2. The summed E-state index contributed by atoms with van der Waals surface area (Å²) in [5.74, 6) is -9.21. The molecular formula is C37H49N3O13. The van der Waals surface area contributed by atoms with Gasteiger partial charge in [-0.3, -0.25) is 4.79 Å². The molecule has 2 fully saturated rings. The van der Waals surface area contributed by atoms with Gasteiger partial charge in [-0.15, -0.1) is 5.10 Å². The summed E-state index contributed by atoms with van der Waals surface area (Å²) in [4.78, 5) is 51.8. The molecule has 1 aromatic heterocycles. The molecule has 5 N–H and O–H groups in total. The number of nitrogens with one attached hydrogen (secondary N) is 1. The minimum Gasteiger partial charge on any atom is -0.479 e. The van der Waals surface area contributed by atoms with Gasteiger partial charge in [0, 0.05) is 32.4 Å². The number of carboxylic acids is 2. The maximum Gasteiger partial charge on any atom is 0.344 e. The standard InChI is InChI=1S/C37H49N3O13/c1-8-20(2)18-21(3)14-15-26(42)50-29-28(43)35(17-16-22(4)27(49-24(6)41)23(5)19-25-12-10-9-11-13-25)52-30(31-39-40-34(38-7)51-31)36(48,32(44)45)37(29,53-35)33(46)47/h9-15,20-21,23,27-30,43,48H,4,8,16-19H2,1-3,5-7H3,(H,38,40)(H,44,45)(H,46,47)/b15-14+/t20-,21+,23+,27+,28+,29+,30+,35-,36+,37-/m0/s1. The number of nitrogens with zero attached hydrogens (tertiary/aromatic N) is 2. The topological polar surface area (TPSA) is 237 Å². The van der Waals surface area contributed by atoms with E-state index < -0.39 is 77.6 Å². The van der Waals surface area contributed by atoms with Crippen LogP contribution >= 0.6 is 0 Å². The minimum atomic E-state index is -3.63. The van der Waals surface area contributed by atoms with E-state index in [9.17, 15) is 39.6 Å². The van der Waals surface area contributed by atoms with E-state index >= 15 is 0 Å². The molecule has 0 saturated carbocycles. The van der Waals surface area contributed by atoms with Crippen molar-refractivity contribution in [2.24, 2.45) is 17.8 Å². The van der Waals surface area contributed by atoms with Crippen molar-refractivity contribution in [3.05, 3.63) is 66.1 Å². The second-order valence-electron chi connectivity index (χ2n) is 14.0. The lowest BCUT2D eigenvalue weighted by Gasteiger charge is -2.49. The zero-order chi connectivity index (χ0) is 39.3. The summed E-state index contributed by atoms with van der Waals surface area (Å²) in [6.07, 6.45) is -3.61. The SMILES string of the molecule is C=C(CC[C@]12O[C@H](c3nnc(NC)o3)[C@@](O)(C(=O)O)[C@](C(=O)O)(O1)[C@H](OC(=O)/C=C/[C@@H](C)C[C@@H](C)CC)[C@H]2O)[C@@H](OC(C)=O)[C@H](C)Cc1ccccc1. The monoisotopic (exact) mass is 743 g/mol. The van der Waals surface area contributed by atoms with Crippen LogP contribution in [0.2, 0.25) is 0 Å². The van der Waals surface area contributed by atoms with Crippen molar-refractivity contribution in [2.75, 3.05) is 12.4 Å². The van der Waals surface area contributed by atoms with Gasteiger partial charge in [0.25, 0.3) is 5.89 Å². The second kappa shape index (κ2) is 16.6. The number of benzene rings is 1. The van der Waals surface area contributed by atoms with Crippen LogP contribution in [0.3, 0.4) is 0 Å². The average molecular weight is 744 g/mol. The van der Waals surface area contributed by atoms with E-state index in [0.29, 0.717) is 17.9 Å². The number of carbonyl (C=O) groups is 4. The Bertz CT molecular complexity index is 1680. The first kappa shape index (κ1) is 41.1. The van der Waals surface area contributed by atoms with E-state index in [0.717, 1.165) is 24.5 Å². The molecule has 2 aliphatic rings. The number of aromatic nitrogens is 2. The molecule has 53 heavy (non-hydrogen) atoms. The molecule has 2 bridgehead atoms. The van der Waals surface area contributed by atoms with Crippen molar-refractivity contribution in [2.45, 2.75) is 108 Å². The highest BCUT2D eigenvalue weighted by molar-refractivity contribution is 5.94. The number of rotatable bonds is 18. The van der Waals surface area contributed by atoms with Crippen LogP contribution in [0.4, 0.5) is 6.01 Å². The maximum atomic E-state index is 13.3. The quantitative estimate of drug-likeness (QED) is 0.0833. The molecule has 2 saturated heterocycles. The molecule has 2 aliphatic heterocycles. The van der Waals surface area contributed by atoms with Gasteiger partial charge in [0.2, 0.25) is 17.0 Å². The van der Waals surface area contributed by atoms with Gasteiger partial charge in [0.1, 0.15) is 12.2 Å². The lowest BCUT2D eigenvalue weighted by atomic mass is 9.74. The van der Waals surface area contributed by atoms with Crippen LogP contribution in [0, 0.1) is 17.8 Å². The van der Waals surface area contributed by atoms with Gasteiger partial charge in [0.15, 0.2) is 12.2 Å². The predicted octanol–water partition coefficient (Wildman–Crippen LogP) is 3.60. The number of fused-ring (bicyclic) bond motifs is 2. The van der Waals surface area contributed by atoms with Crippen molar-refractivity contribution < 1.29 is 63.0 Å². The Kier molecular flexibility index (Phi) is 12.9. The van der Waals surface area contributed by atoms with Gasteiger partial charge in [-0.2, -0.15) is 0 Å². The van der Waals surface area contributed by atoms with E-state index in [1.807, 2.05) is 58.0 Å². The van der Waals surface area contributed by atoms with Crippen LogP contribution in [0.5, 0.6) is 0 Å². The summed E-state index contributed by atoms with van der Waals surface area (Å²) in [7, 11) is 1.41. The normalized spacial score (nSPS) is 28.8. The number of anilines is 1. The van der Waals surface area contributed by atoms with Crippen molar-refractivity contribution in [1.29, 1.82) is 0 Å². The van der Waals surface area contributed by atoms with Crippen molar-refractivity contribution in [1.82, 2.24) is 10.2 Å². The van der Waals surface area contributed by atoms with Crippen molar-refractivity contribution >= 4 is 29.9 Å². The molecule has 0 amide bonds. The van der Waals surface area contributed by atoms with E-state index in [1.54, 1.807) is 6.08 Å². The van der Waals surface area contributed by atoms with Gasteiger partial charge in [-0.25, -0.2) is 14.4 Å². The summed E-state index contributed by atoms with van der Waals surface area (Å²) < 4.78 is 28.6. The summed E-state index contributed by atoms with van der Waals surface area (Å²) >= 11 is 0. The summed E-state index contributed by atoms with van der Waals surface area (Å²) in [6.45, 7) is 13.2. The van der Waals surface area contributed by atoms with Gasteiger partial charge in [0.05, 0.1) is 0 Å². The first-order valence-corrected chi connectivity index (χ1v) is 17.5. The fourth-order valence-electron chi connectivity index (χ4n) is 7.02. The van der Waals surface area contributed by atoms with Crippen LogP contribution in [0.25, 0.3) is 0 Å². The van der Waals surface area contributed by atoms with Crippen LogP contribution in [0.1, 0.15) is 77.9 Å². The van der Waals surface area contributed by atoms with E-state index in [1.165, 1.54) is 14.0 Å². The number of carbonyl (C=O) groups excluding carboxylic acids is 2. The molecule has 1 aromatic carbocycles. The third-order valence-electron chi connectivity index (χ3n) is 9.94. The van der Waals surface area contributed by atoms with Gasteiger partial charge < -0.3 is 49.1 Å². The number of aliphatic carboxylic acids is 2. The molecule has 16 nitrogen and oxygen atoms in total. The molecule has 0 aliphatic carbocycles. The summed E-state index contributed by atoms with van der Waals surface area (Å²) in [5.41, 5.74) is -5.73. The van der Waals surface area contributed by atoms with Gasteiger partial charge >= 0.3 is 29.9 Å². The summed E-state index contributed by atoms with van der Waals surface area (Å²) in [6, 6.07) is 9.20.